The number of aromatic hydroxyl groups is 3. The number of phenolic OH excluding ortho intramolecular Hbond substituents is 3. The molecule has 2 saturated heterocycles. The number of aliphatic hydroxyl groups excluding tert-OH is 3. The molecule has 1 aromatic carbocycles. The van der Waals surface area contributed by atoms with E-state index in [-0.39, 0.29) is 18.5 Å². The van der Waals surface area contributed by atoms with Crippen molar-refractivity contribution in [3.63, 3.8) is 0 Å². The summed E-state index contributed by atoms with van der Waals surface area (Å²) in [6.07, 6.45) is -0.528. The molecule has 2 aliphatic heterocycles. The van der Waals surface area contributed by atoms with Crippen molar-refractivity contribution in [2.75, 3.05) is 39.9 Å². The van der Waals surface area contributed by atoms with Crippen LogP contribution in [0, 0.1) is 5.82 Å². The summed E-state index contributed by atoms with van der Waals surface area (Å²) in [4.78, 5) is 39.0. The van der Waals surface area contributed by atoms with E-state index in [0.29, 0.717) is 37.5 Å². The molecule has 2 fully saturated rings. The van der Waals surface area contributed by atoms with Gasteiger partial charge in [0.1, 0.15) is 6.29 Å². The number of rotatable bonds is 11. The number of aliphatic hydroxyl groups is 4. The summed E-state index contributed by atoms with van der Waals surface area (Å²) < 4.78 is 20.4. The number of carbonyl (C=O) groups excluding carboxylic acids is 3. The van der Waals surface area contributed by atoms with E-state index in [4.69, 9.17) is 4.74 Å². The first-order valence-electron chi connectivity index (χ1n) is 13.7. The second kappa shape index (κ2) is 15.3. The monoisotopic (exact) mass is 626 g/mol. The number of morpholine rings is 1. The zero-order valence-corrected chi connectivity index (χ0v) is 24.7. The molecule has 9 N–H and O–H groups in total. The number of ether oxygens (including phenoxy) is 1. The normalized spacial score (nSPS) is 18.9. The number of hydrogen-bond acceptors (Lipinski definition) is 13. The summed E-state index contributed by atoms with van der Waals surface area (Å²) >= 11 is 0. The SMILES string of the molecule is C=C(O)/C(O)=C1/C(=O)N(C(O)(CCC=O)C(=O)NC)C/C1=C(/O)NCc1c(O)c(O)c(CN2CCOCC2)c(O)c1F.CC. The molecule has 0 bridgehead atoms. The molecule has 16 heteroatoms. The van der Waals surface area contributed by atoms with Crippen molar-refractivity contribution in [2.24, 2.45) is 0 Å². The summed E-state index contributed by atoms with van der Waals surface area (Å²) in [5.74, 6) is -9.37. The van der Waals surface area contributed by atoms with Crippen molar-refractivity contribution in [1.29, 1.82) is 0 Å². The van der Waals surface area contributed by atoms with Gasteiger partial charge in [0.25, 0.3) is 11.8 Å². The quantitative estimate of drug-likeness (QED) is 0.0544. The molecule has 0 saturated carbocycles. The highest BCUT2D eigenvalue weighted by atomic mass is 19.1. The van der Waals surface area contributed by atoms with E-state index >= 15 is 4.39 Å². The Labute approximate surface area is 252 Å². The maximum atomic E-state index is 15.2. The highest BCUT2D eigenvalue weighted by molar-refractivity contribution is 6.05. The predicted molar refractivity (Wildman–Crippen MR) is 153 cm³/mol. The molecule has 2 heterocycles. The van der Waals surface area contributed by atoms with Gasteiger partial charge in [0.05, 0.1) is 36.5 Å². The molecule has 0 aliphatic carbocycles. The Balaban J connectivity index is 0.00000330. The van der Waals surface area contributed by atoms with Gasteiger partial charge < -0.3 is 55.9 Å². The molecule has 44 heavy (non-hydrogen) atoms. The van der Waals surface area contributed by atoms with Gasteiger partial charge in [-0.1, -0.05) is 20.4 Å². The number of hydrogen-bond donors (Lipinski definition) is 9. The van der Waals surface area contributed by atoms with Crippen LogP contribution in [-0.2, 0) is 32.2 Å². The van der Waals surface area contributed by atoms with Gasteiger partial charge in [-0.15, -0.1) is 0 Å². The number of nitrogens with zero attached hydrogens (tertiary/aromatic N) is 2. The first-order chi connectivity index (χ1) is 20.8. The van der Waals surface area contributed by atoms with E-state index in [1.54, 1.807) is 4.90 Å². The van der Waals surface area contributed by atoms with Gasteiger partial charge >= 0.3 is 0 Å². The van der Waals surface area contributed by atoms with Gasteiger partial charge in [-0.3, -0.25) is 19.4 Å². The summed E-state index contributed by atoms with van der Waals surface area (Å²) in [7, 11) is 1.16. The molecule has 1 aromatic rings. The van der Waals surface area contributed by atoms with Gasteiger partial charge in [-0.2, -0.15) is 0 Å². The minimum absolute atomic E-state index is 0.0940. The van der Waals surface area contributed by atoms with Crippen molar-refractivity contribution in [3.05, 3.63) is 52.1 Å². The van der Waals surface area contributed by atoms with Crippen LogP contribution in [0.3, 0.4) is 0 Å². The molecule has 2 amide bonds. The van der Waals surface area contributed by atoms with Crippen LogP contribution in [0.4, 0.5) is 4.39 Å². The van der Waals surface area contributed by atoms with Crippen molar-refractivity contribution in [1.82, 2.24) is 20.4 Å². The van der Waals surface area contributed by atoms with Gasteiger partial charge in [-0.05, 0) is 0 Å². The van der Waals surface area contributed by atoms with Crippen LogP contribution in [0.5, 0.6) is 17.2 Å². The topological polar surface area (TPSA) is 233 Å². The molecular weight excluding hydrogens is 587 g/mol. The molecule has 15 nitrogen and oxygen atoms in total. The molecule has 0 aromatic heterocycles. The zero-order valence-electron chi connectivity index (χ0n) is 24.7. The maximum absolute atomic E-state index is 15.2. The van der Waals surface area contributed by atoms with Gasteiger partial charge in [0.2, 0.25) is 5.72 Å². The Kier molecular flexibility index (Phi) is 12.4. The largest absolute Gasteiger partial charge is 0.505 e. The second-order valence-corrected chi connectivity index (χ2v) is 9.55. The van der Waals surface area contributed by atoms with E-state index in [0.717, 1.165) is 7.05 Å². The van der Waals surface area contributed by atoms with Crippen molar-refractivity contribution >= 4 is 18.1 Å². The second-order valence-electron chi connectivity index (χ2n) is 9.55. The minimum Gasteiger partial charge on any atom is -0.505 e. The fourth-order valence-corrected chi connectivity index (χ4v) is 4.64. The zero-order chi connectivity index (χ0) is 33.4. The van der Waals surface area contributed by atoms with Crippen LogP contribution in [0.25, 0.3) is 0 Å². The lowest BCUT2D eigenvalue weighted by atomic mass is 10.0. The molecule has 2 aliphatic rings. The molecule has 244 valence electrons. The molecular formula is C28H39FN4O11. The summed E-state index contributed by atoms with van der Waals surface area (Å²) in [6.45, 7) is 7.15. The number of carbonyl (C=O) groups is 3. The number of nitrogens with one attached hydrogen (secondary N) is 2. The number of likely N-dealkylation sites (N-methyl/N-ethyl adjacent to an activating group) is 1. The maximum Gasteiger partial charge on any atom is 0.273 e. The van der Waals surface area contributed by atoms with E-state index in [9.17, 15) is 50.1 Å². The molecule has 3 rings (SSSR count). The fraction of sp³-hybridized carbons (Fsp3) is 0.464. The standard InChI is InChI=1S/C26H33FN4O11.C2H6/c1-13(33)19(34)17-15(12-31(24(17)39)26(41,4-3-7-32)25(40)28-2)23(38)29-10-14-18(27)20(35)16(22(37)21(14)36)11-30-5-8-42-9-6-30;1-2/h7,29,33-38,41H,1,3-6,8-12H2,2H3,(H,28,40);1-2H3/b19-17-,23-15-;. The summed E-state index contributed by atoms with van der Waals surface area (Å²) in [6, 6.07) is 0. The van der Waals surface area contributed by atoms with Crippen LogP contribution in [0.15, 0.2) is 35.1 Å². The minimum atomic E-state index is -2.63. The Bertz CT molecular complexity index is 1310. The highest BCUT2D eigenvalue weighted by Crippen LogP contribution is 2.42. The Morgan fingerprint density at radius 1 is 1.09 bits per heavy atom. The van der Waals surface area contributed by atoms with Gasteiger partial charge in [0, 0.05) is 51.6 Å². The molecule has 1 unspecified atom stereocenters. The lowest BCUT2D eigenvalue weighted by Gasteiger charge is -2.34. The van der Waals surface area contributed by atoms with E-state index in [1.165, 1.54) is 0 Å². The number of benzene rings is 1. The highest BCUT2D eigenvalue weighted by Gasteiger charge is 2.50. The third-order valence-electron chi connectivity index (χ3n) is 6.99. The van der Waals surface area contributed by atoms with E-state index in [2.05, 4.69) is 17.2 Å². The van der Waals surface area contributed by atoms with Crippen molar-refractivity contribution in [3.8, 4) is 17.2 Å². The van der Waals surface area contributed by atoms with E-state index in [1.807, 2.05) is 13.8 Å². The Hall–Kier alpha value is -4.54. The smallest absolute Gasteiger partial charge is 0.273 e. The number of likely N-dealkylation sites (tertiary alicyclic amines) is 1. The summed E-state index contributed by atoms with van der Waals surface area (Å²) in [5.41, 5.74) is -4.83. The third-order valence-corrected chi connectivity index (χ3v) is 6.99. The van der Waals surface area contributed by atoms with Crippen LogP contribution < -0.4 is 10.6 Å². The van der Waals surface area contributed by atoms with Crippen molar-refractivity contribution in [2.45, 2.75) is 45.5 Å². The number of amides is 2. The van der Waals surface area contributed by atoms with Crippen LogP contribution in [0.1, 0.15) is 37.8 Å². The predicted octanol–water partition coefficient (Wildman–Crippen LogP) is 0.800. The Morgan fingerprint density at radius 3 is 2.23 bits per heavy atom. The lowest BCUT2D eigenvalue weighted by Crippen LogP contribution is -2.59. The number of phenols is 3. The molecule has 0 spiro atoms. The van der Waals surface area contributed by atoms with E-state index < -0.39 is 94.2 Å². The lowest BCUT2D eigenvalue weighted by molar-refractivity contribution is -0.171. The number of halogens is 1. The fourth-order valence-electron chi connectivity index (χ4n) is 4.64. The average molecular weight is 627 g/mol. The van der Waals surface area contributed by atoms with Crippen LogP contribution in [0.2, 0.25) is 0 Å². The Morgan fingerprint density at radius 2 is 1.68 bits per heavy atom. The van der Waals surface area contributed by atoms with Gasteiger partial charge in [-0.25, -0.2) is 4.39 Å². The first-order valence-corrected chi connectivity index (χ1v) is 13.7. The van der Waals surface area contributed by atoms with Crippen molar-refractivity contribution < 1.29 is 59.3 Å². The first kappa shape index (κ1) is 35.7. The number of aldehydes is 1. The molecule has 0 radical (unpaired) electrons. The summed E-state index contributed by atoms with van der Waals surface area (Å²) in [5, 5.41) is 77.9. The molecule has 1 atom stereocenters. The third kappa shape index (κ3) is 7.15. The van der Waals surface area contributed by atoms with Gasteiger partial charge in [0.15, 0.2) is 40.5 Å². The average Bonchev–Trinajstić information content (AvgIpc) is 3.38. The van der Waals surface area contributed by atoms with Crippen LogP contribution in [-0.4, -0.2) is 109 Å². The van der Waals surface area contributed by atoms with Crippen LogP contribution >= 0.6 is 0 Å².